The summed E-state index contributed by atoms with van der Waals surface area (Å²) in [6.07, 6.45) is 0. The summed E-state index contributed by atoms with van der Waals surface area (Å²) in [5.41, 5.74) is 1.05. The number of amides is 1. The Morgan fingerprint density at radius 1 is 1.43 bits per heavy atom. The lowest BCUT2D eigenvalue weighted by Gasteiger charge is -2.31. The van der Waals surface area contributed by atoms with E-state index in [1.165, 1.54) is 0 Å². The number of halogens is 1. The summed E-state index contributed by atoms with van der Waals surface area (Å²) < 4.78 is 5.35. The fraction of sp³-hybridized carbons (Fsp3) is 0.588. The van der Waals surface area contributed by atoms with Crippen LogP contribution in [0, 0.1) is 0 Å². The van der Waals surface area contributed by atoms with Crippen LogP contribution in [0.25, 0.3) is 0 Å². The van der Waals surface area contributed by atoms with Gasteiger partial charge in [-0.25, -0.2) is 0 Å². The van der Waals surface area contributed by atoms with Crippen molar-refractivity contribution < 1.29 is 9.53 Å². The SMILES string of the molecule is CCN(CC)C(CNC(=O)C1COCCN1)c1ccccc1Cl. The molecular weight excluding hydrogens is 314 g/mol. The van der Waals surface area contributed by atoms with Crippen molar-refractivity contribution in [2.45, 2.75) is 25.9 Å². The Morgan fingerprint density at radius 2 is 2.17 bits per heavy atom. The minimum Gasteiger partial charge on any atom is -0.378 e. The second-order valence-corrected chi connectivity index (χ2v) is 5.99. The van der Waals surface area contributed by atoms with Gasteiger partial charge in [0.05, 0.1) is 19.3 Å². The van der Waals surface area contributed by atoms with Crippen LogP contribution in [0.3, 0.4) is 0 Å². The van der Waals surface area contributed by atoms with Crippen LogP contribution in [0.4, 0.5) is 0 Å². The largest absolute Gasteiger partial charge is 0.378 e. The Balaban J connectivity index is 2.05. The molecule has 1 saturated heterocycles. The van der Waals surface area contributed by atoms with E-state index in [-0.39, 0.29) is 18.0 Å². The third-order valence-electron chi connectivity index (χ3n) is 4.23. The molecule has 6 heteroatoms. The molecule has 2 unspecified atom stereocenters. The molecule has 0 aliphatic carbocycles. The zero-order chi connectivity index (χ0) is 16.7. The zero-order valence-corrected chi connectivity index (χ0v) is 14.6. The number of likely N-dealkylation sites (N-methyl/N-ethyl adjacent to an activating group) is 1. The van der Waals surface area contributed by atoms with Gasteiger partial charge in [-0.1, -0.05) is 43.6 Å². The Morgan fingerprint density at radius 3 is 2.78 bits per heavy atom. The molecule has 5 nitrogen and oxygen atoms in total. The third-order valence-corrected chi connectivity index (χ3v) is 4.57. The molecular formula is C17H26ClN3O2. The third kappa shape index (κ3) is 4.91. The standard InChI is InChI=1S/C17H26ClN3O2/c1-3-21(4-2)16(13-7-5-6-8-14(13)18)11-20-17(22)15-12-23-10-9-19-15/h5-8,15-16,19H,3-4,9-12H2,1-2H3,(H,20,22). The minimum absolute atomic E-state index is 0.0195. The molecule has 0 bridgehead atoms. The van der Waals surface area contributed by atoms with Crippen LogP contribution in [-0.2, 0) is 9.53 Å². The van der Waals surface area contributed by atoms with E-state index in [0.717, 1.165) is 23.7 Å². The van der Waals surface area contributed by atoms with Crippen molar-refractivity contribution in [3.63, 3.8) is 0 Å². The number of carbonyl (C=O) groups is 1. The number of morpholine rings is 1. The van der Waals surface area contributed by atoms with E-state index in [1.807, 2.05) is 24.3 Å². The van der Waals surface area contributed by atoms with E-state index in [4.69, 9.17) is 16.3 Å². The lowest BCUT2D eigenvalue weighted by Crippen LogP contribution is -2.52. The van der Waals surface area contributed by atoms with E-state index in [2.05, 4.69) is 29.4 Å². The summed E-state index contributed by atoms with van der Waals surface area (Å²) in [5.74, 6) is -0.0195. The highest BCUT2D eigenvalue weighted by Gasteiger charge is 2.24. The lowest BCUT2D eigenvalue weighted by molar-refractivity contribution is -0.126. The van der Waals surface area contributed by atoms with Gasteiger partial charge in [0.25, 0.3) is 0 Å². The van der Waals surface area contributed by atoms with Crippen molar-refractivity contribution in [3.8, 4) is 0 Å². The molecule has 128 valence electrons. The normalized spacial score (nSPS) is 19.6. The maximum absolute atomic E-state index is 12.3. The molecule has 0 radical (unpaired) electrons. The Kier molecular flexibility index (Phi) is 7.30. The zero-order valence-electron chi connectivity index (χ0n) is 13.8. The van der Waals surface area contributed by atoms with Gasteiger partial charge in [-0.3, -0.25) is 9.69 Å². The quantitative estimate of drug-likeness (QED) is 0.795. The topological polar surface area (TPSA) is 53.6 Å². The predicted octanol–water partition coefficient (Wildman–Crippen LogP) is 1.83. The van der Waals surface area contributed by atoms with Crippen LogP contribution >= 0.6 is 11.6 Å². The van der Waals surface area contributed by atoms with Gasteiger partial charge in [0.2, 0.25) is 5.91 Å². The smallest absolute Gasteiger partial charge is 0.239 e. The summed E-state index contributed by atoms with van der Waals surface area (Å²) in [7, 11) is 0. The van der Waals surface area contributed by atoms with Gasteiger partial charge >= 0.3 is 0 Å². The minimum atomic E-state index is -0.271. The molecule has 0 saturated carbocycles. The van der Waals surface area contributed by atoms with Gasteiger partial charge in [-0.15, -0.1) is 0 Å². The molecule has 1 heterocycles. The van der Waals surface area contributed by atoms with Crippen molar-refractivity contribution >= 4 is 17.5 Å². The van der Waals surface area contributed by atoms with Crippen molar-refractivity contribution in [1.29, 1.82) is 0 Å². The van der Waals surface area contributed by atoms with Gasteiger partial charge in [-0.05, 0) is 24.7 Å². The first kappa shape index (κ1) is 18.2. The molecule has 1 aromatic carbocycles. The van der Waals surface area contributed by atoms with Crippen LogP contribution in [-0.4, -0.2) is 56.2 Å². The second-order valence-electron chi connectivity index (χ2n) is 5.59. The predicted molar refractivity (Wildman–Crippen MR) is 92.7 cm³/mol. The van der Waals surface area contributed by atoms with Crippen molar-refractivity contribution in [3.05, 3.63) is 34.9 Å². The molecule has 0 spiro atoms. The molecule has 1 aliphatic heterocycles. The fourth-order valence-electron chi connectivity index (χ4n) is 2.90. The highest BCUT2D eigenvalue weighted by Crippen LogP contribution is 2.26. The van der Waals surface area contributed by atoms with Gasteiger partial charge in [-0.2, -0.15) is 0 Å². The summed E-state index contributed by atoms with van der Waals surface area (Å²) >= 11 is 6.37. The maximum atomic E-state index is 12.3. The number of hydrogen-bond donors (Lipinski definition) is 2. The van der Waals surface area contributed by atoms with Gasteiger partial charge in [0, 0.05) is 18.1 Å². The molecule has 1 amide bonds. The van der Waals surface area contributed by atoms with Crippen LogP contribution in [0.1, 0.15) is 25.5 Å². The number of ether oxygens (including phenoxy) is 1. The van der Waals surface area contributed by atoms with Gasteiger partial charge in [0.1, 0.15) is 6.04 Å². The monoisotopic (exact) mass is 339 g/mol. The van der Waals surface area contributed by atoms with Crippen LogP contribution in [0.5, 0.6) is 0 Å². The highest BCUT2D eigenvalue weighted by molar-refractivity contribution is 6.31. The number of nitrogens with one attached hydrogen (secondary N) is 2. The van der Waals surface area contributed by atoms with E-state index >= 15 is 0 Å². The van der Waals surface area contributed by atoms with Crippen LogP contribution < -0.4 is 10.6 Å². The van der Waals surface area contributed by atoms with Crippen molar-refractivity contribution in [2.75, 3.05) is 39.4 Å². The number of nitrogens with zero attached hydrogens (tertiary/aromatic N) is 1. The number of benzene rings is 1. The molecule has 1 aliphatic rings. The molecule has 2 rings (SSSR count). The second kappa shape index (κ2) is 9.23. The molecule has 2 N–H and O–H groups in total. The van der Waals surface area contributed by atoms with Crippen molar-refractivity contribution in [2.24, 2.45) is 0 Å². The number of carbonyl (C=O) groups excluding carboxylic acids is 1. The first-order valence-electron chi connectivity index (χ1n) is 8.24. The fourth-order valence-corrected chi connectivity index (χ4v) is 3.16. The first-order chi connectivity index (χ1) is 11.2. The average molecular weight is 340 g/mol. The Labute approximate surface area is 143 Å². The molecule has 1 fully saturated rings. The summed E-state index contributed by atoms with van der Waals surface area (Å²) in [6, 6.07) is 7.62. The number of hydrogen-bond acceptors (Lipinski definition) is 4. The Hall–Kier alpha value is -1.14. The molecule has 0 aromatic heterocycles. The van der Waals surface area contributed by atoms with Crippen LogP contribution in [0.2, 0.25) is 5.02 Å². The molecule has 23 heavy (non-hydrogen) atoms. The van der Waals surface area contributed by atoms with Gasteiger partial charge in [0.15, 0.2) is 0 Å². The number of rotatable bonds is 7. The average Bonchev–Trinajstić information content (AvgIpc) is 2.60. The summed E-state index contributed by atoms with van der Waals surface area (Å²) in [5, 5.41) is 6.95. The lowest BCUT2D eigenvalue weighted by atomic mass is 10.0. The van der Waals surface area contributed by atoms with Crippen molar-refractivity contribution in [1.82, 2.24) is 15.5 Å². The van der Waals surface area contributed by atoms with Gasteiger partial charge < -0.3 is 15.4 Å². The highest BCUT2D eigenvalue weighted by atomic mass is 35.5. The van der Waals surface area contributed by atoms with E-state index in [9.17, 15) is 4.79 Å². The summed E-state index contributed by atoms with van der Waals surface area (Å²) in [4.78, 5) is 14.6. The van der Waals surface area contributed by atoms with E-state index in [0.29, 0.717) is 26.3 Å². The van der Waals surface area contributed by atoms with E-state index in [1.54, 1.807) is 0 Å². The summed E-state index contributed by atoms with van der Waals surface area (Å²) in [6.45, 7) is 8.35. The molecule has 1 aromatic rings. The Bertz CT molecular complexity index is 502. The van der Waals surface area contributed by atoms with Crippen LogP contribution in [0.15, 0.2) is 24.3 Å². The van der Waals surface area contributed by atoms with E-state index < -0.39 is 0 Å². The molecule has 2 atom stereocenters. The first-order valence-corrected chi connectivity index (χ1v) is 8.62. The maximum Gasteiger partial charge on any atom is 0.239 e.